The van der Waals surface area contributed by atoms with Crippen molar-refractivity contribution in [3.8, 4) is 0 Å². The van der Waals surface area contributed by atoms with Gasteiger partial charge in [0.2, 0.25) is 0 Å². The van der Waals surface area contributed by atoms with Crippen LogP contribution in [-0.4, -0.2) is 12.0 Å². The molecule has 1 fully saturated rings. The Balaban J connectivity index is 1.84. The molecule has 1 heterocycles. The molecular weight excluding hydrogens is 258 g/mol. The van der Waals surface area contributed by atoms with Crippen LogP contribution in [0.15, 0.2) is 54.6 Å². The second kappa shape index (κ2) is 5.33. The monoisotopic (exact) mass is 273 g/mol. The van der Waals surface area contributed by atoms with Crippen LogP contribution in [-0.2, 0) is 4.74 Å². The highest BCUT2D eigenvalue weighted by atomic mass is 35.5. The van der Waals surface area contributed by atoms with E-state index in [1.807, 2.05) is 36.4 Å². The Hall–Kier alpha value is -1.35. The van der Waals surface area contributed by atoms with Crippen molar-refractivity contribution in [3.63, 3.8) is 0 Å². The minimum Gasteiger partial charge on any atom is -0.363 e. The average molecular weight is 274 g/mol. The standard InChI is InChI=1S/C16H16ClNO/c17-10-14-16(19-14)13-8-4-7-12(9-13)15(18)11-5-2-1-3-6-11/h1-9,14-16H,10,18H2. The molecule has 3 rings (SSSR count). The maximum absolute atomic E-state index is 6.31. The van der Waals surface area contributed by atoms with Gasteiger partial charge in [0, 0.05) is 0 Å². The fourth-order valence-corrected chi connectivity index (χ4v) is 2.57. The van der Waals surface area contributed by atoms with Crippen LogP contribution in [0.25, 0.3) is 0 Å². The number of hydrogen-bond donors (Lipinski definition) is 1. The first-order valence-electron chi connectivity index (χ1n) is 6.41. The number of benzene rings is 2. The zero-order valence-corrected chi connectivity index (χ0v) is 11.3. The molecule has 0 aromatic heterocycles. The van der Waals surface area contributed by atoms with E-state index >= 15 is 0 Å². The summed E-state index contributed by atoms with van der Waals surface area (Å²) in [6.45, 7) is 0. The second-order valence-corrected chi connectivity index (χ2v) is 5.12. The van der Waals surface area contributed by atoms with Crippen molar-refractivity contribution < 1.29 is 4.74 Å². The van der Waals surface area contributed by atoms with Crippen LogP contribution in [0.4, 0.5) is 0 Å². The molecule has 0 amide bonds. The van der Waals surface area contributed by atoms with Crippen LogP contribution >= 0.6 is 11.6 Å². The van der Waals surface area contributed by atoms with Gasteiger partial charge in [-0.3, -0.25) is 0 Å². The number of rotatable bonds is 4. The Kier molecular flexibility index (Phi) is 3.56. The van der Waals surface area contributed by atoms with Crippen LogP contribution in [0.2, 0.25) is 0 Å². The van der Waals surface area contributed by atoms with Gasteiger partial charge in [-0.15, -0.1) is 11.6 Å². The van der Waals surface area contributed by atoms with Gasteiger partial charge >= 0.3 is 0 Å². The fourth-order valence-electron chi connectivity index (χ4n) is 2.34. The predicted octanol–water partition coefficient (Wildman–Crippen LogP) is 3.41. The highest BCUT2D eigenvalue weighted by Crippen LogP contribution is 2.40. The molecule has 1 saturated heterocycles. The Morgan fingerprint density at radius 1 is 1.05 bits per heavy atom. The average Bonchev–Trinajstić information content (AvgIpc) is 3.27. The molecule has 1 aliphatic rings. The molecule has 2 N–H and O–H groups in total. The lowest BCUT2D eigenvalue weighted by Gasteiger charge is -2.13. The van der Waals surface area contributed by atoms with E-state index < -0.39 is 0 Å². The molecule has 3 heteroatoms. The van der Waals surface area contributed by atoms with Crippen LogP contribution in [0, 0.1) is 0 Å². The predicted molar refractivity (Wildman–Crippen MR) is 77.2 cm³/mol. The highest BCUT2D eigenvalue weighted by Gasteiger charge is 2.39. The first-order chi connectivity index (χ1) is 9.29. The molecule has 3 unspecified atom stereocenters. The van der Waals surface area contributed by atoms with Gasteiger partial charge in [-0.2, -0.15) is 0 Å². The van der Waals surface area contributed by atoms with Crippen molar-refractivity contribution in [1.29, 1.82) is 0 Å². The lowest BCUT2D eigenvalue weighted by molar-refractivity contribution is 0.384. The van der Waals surface area contributed by atoms with Crippen molar-refractivity contribution in [2.45, 2.75) is 18.2 Å². The van der Waals surface area contributed by atoms with Crippen LogP contribution in [0.5, 0.6) is 0 Å². The zero-order valence-electron chi connectivity index (χ0n) is 10.5. The van der Waals surface area contributed by atoms with E-state index in [1.54, 1.807) is 0 Å². The minimum absolute atomic E-state index is 0.102. The first kappa shape index (κ1) is 12.7. The Morgan fingerprint density at radius 2 is 1.79 bits per heavy atom. The first-order valence-corrected chi connectivity index (χ1v) is 6.95. The minimum atomic E-state index is -0.102. The smallest absolute Gasteiger partial charge is 0.110 e. The molecule has 19 heavy (non-hydrogen) atoms. The van der Waals surface area contributed by atoms with Crippen LogP contribution in [0.3, 0.4) is 0 Å². The van der Waals surface area contributed by atoms with E-state index in [2.05, 4.69) is 18.2 Å². The third-order valence-electron chi connectivity index (χ3n) is 3.49. The van der Waals surface area contributed by atoms with Gasteiger partial charge in [-0.25, -0.2) is 0 Å². The maximum atomic E-state index is 6.31. The largest absolute Gasteiger partial charge is 0.363 e. The maximum Gasteiger partial charge on any atom is 0.110 e. The van der Waals surface area contributed by atoms with Gasteiger partial charge in [-0.05, 0) is 16.7 Å². The van der Waals surface area contributed by atoms with E-state index in [-0.39, 0.29) is 18.2 Å². The van der Waals surface area contributed by atoms with Gasteiger partial charge in [-0.1, -0.05) is 54.6 Å². The molecule has 0 spiro atoms. The highest BCUT2D eigenvalue weighted by molar-refractivity contribution is 6.18. The molecule has 2 aromatic carbocycles. The third kappa shape index (κ3) is 2.66. The van der Waals surface area contributed by atoms with Gasteiger partial charge in [0.15, 0.2) is 0 Å². The molecule has 0 aliphatic carbocycles. The summed E-state index contributed by atoms with van der Waals surface area (Å²) >= 11 is 5.79. The van der Waals surface area contributed by atoms with Crippen molar-refractivity contribution in [2.24, 2.45) is 5.73 Å². The zero-order chi connectivity index (χ0) is 13.2. The van der Waals surface area contributed by atoms with Gasteiger partial charge < -0.3 is 10.5 Å². The van der Waals surface area contributed by atoms with Crippen molar-refractivity contribution in [3.05, 3.63) is 71.3 Å². The molecule has 2 aromatic rings. The summed E-state index contributed by atoms with van der Waals surface area (Å²) < 4.78 is 5.52. The summed E-state index contributed by atoms with van der Waals surface area (Å²) in [6.07, 6.45) is 0.297. The summed E-state index contributed by atoms with van der Waals surface area (Å²) in [6, 6.07) is 18.3. The number of nitrogens with two attached hydrogens (primary N) is 1. The molecule has 0 bridgehead atoms. The molecule has 0 saturated carbocycles. The number of alkyl halides is 1. The van der Waals surface area contributed by atoms with Crippen molar-refractivity contribution in [1.82, 2.24) is 0 Å². The van der Waals surface area contributed by atoms with E-state index in [4.69, 9.17) is 22.1 Å². The normalized spacial score (nSPS) is 23.1. The summed E-state index contributed by atoms with van der Waals surface area (Å²) in [4.78, 5) is 0. The number of epoxide rings is 1. The Morgan fingerprint density at radius 3 is 2.47 bits per heavy atom. The van der Waals surface area contributed by atoms with E-state index in [0.29, 0.717) is 5.88 Å². The van der Waals surface area contributed by atoms with E-state index in [1.165, 1.54) is 0 Å². The van der Waals surface area contributed by atoms with Crippen molar-refractivity contribution in [2.75, 3.05) is 5.88 Å². The number of halogens is 1. The SMILES string of the molecule is NC(c1ccccc1)c1cccc(C2OC2CCl)c1. The van der Waals surface area contributed by atoms with Crippen molar-refractivity contribution >= 4 is 11.6 Å². The number of ether oxygens (including phenoxy) is 1. The molecule has 0 radical (unpaired) electrons. The summed E-state index contributed by atoms with van der Waals surface area (Å²) in [5, 5.41) is 0. The quantitative estimate of drug-likeness (QED) is 0.685. The van der Waals surface area contributed by atoms with E-state index in [9.17, 15) is 0 Å². The Bertz CT molecular complexity index is 558. The topological polar surface area (TPSA) is 38.5 Å². The lowest BCUT2D eigenvalue weighted by atomic mass is 9.97. The molecule has 98 valence electrons. The van der Waals surface area contributed by atoms with Gasteiger partial charge in [0.25, 0.3) is 0 Å². The summed E-state index contributed by atoms with van der Waals surface area (Å²) in [5.41, 5.74) is 9.69. The second-order valence-electron chi connectivity index (χ2n) is 4.81. The fraction of sp³-hybridized carbons (Fsp3) is 0.250. The van der Waals surface area contributed by atoms with Crippen LogP contribution in [0.1, 0.15) is 28.8 Å². The molecule has 2 nitrogen and oxygen atoms in total. The Labute approximate surface area is 118 Å². The third-order valence-corrected chi connectivity index (χ3v) is 3.80. The number of hydrogen-bond acceptors (Lipinski definition) is 2. The summed E-state index contributed by atoms with van der Waals surface area (Å²) in [5.74, 6) is 0.541. The van der Waals surface area contributed by atoms with Gasteiger partial charge in [0.05, 0.1) is 11.9 Å². The summed E-state index contributed by atoms with van der Waals surface area (Å²) in [7, 11) is 0. The molecular formula is C16H16ClNO. The molecule has 3 atom stereocenters. The van der Waals surface area contributed by atoms with Gasteiger partial charge in [0.1, 0.15) is 12.2 Å². The lowest BCUT2D eigenvalue weighted by Crippen LogP contribution is -2.11. The molecule has 1 aliphatic heterocycles. The van der Waals surface area contributed by atoms with Crippen LogP contribution < -0.4 is 5.73 Å². The van der Waals surface area contributed by atoms with E-state index in [0.717, 1.165) is 16.7 Å².